The van der Waals surface area contributed by atoms with Gasteiger partial charge in [0, 0.05) is 4.47 Å². The van der Waals surface area contributed by atoms with Gasteiger partial charge in [0.05, 0.1) is 0 Å². The van der Waals surface area contributed by atoms with Gasteiger partial charge in [-0.1, -0.05) is 271 Å². The average molecular weight is 986 g/mol. The first-order valence-electron chi connectivity index (χ1n) is 24.3. The van der Waals surface area contributed by atoms with Crippen LogP contribution in [0.3, 0.4) is 0 Å². The van der Waals surface area contributed by atoms with Crippen LogP contribution < -0.4 is 5.46 Å². The fourth-order valence-electron chi connectivity index (χ4n) is 10.9. The third-order valence-corrected chi connectivity index (χ3v) is 14.7. The minimum Gasteiger partial charge on any atom is -0.423 e. The topological polar surface area (TPSA) is 40.5 Å². The molecule has 0 spiro atoms. The Kier molecular flexibility index (Phi) is 12.1. The molecule has 4 heteroatoms. The smallest absolute Gasteiger partial charge is 0.423 e. The van der Waals surface area contributed by atoms with Crippen molar-refractivity contribution in [2.75, 3.05) is 0 Å². The molecule has 0 saturated carbocycles. The third kappa shape index (κ3) is 8.06. The molecule has 0 heterocycles. The van der Waals surface area contributed by atoms with E-state index in [-0.39, 0.29) is 0 Å². The molecule has 14 aromatic rings. The fourth-order valence-corrected chi connectivity index (χ4v) is 11.5. The Morgan fingerprint density at radius 2 is 0.542 bits per heavy atom. The minimum atomic E-state index is -1.43. The Hall–Kier alpha value is -8.38. The summed E-state index contributed by atoms with van der Waals surface area (Å²) in [5, 5.41) is 39.4. The highest BCUT2D eigenvalue weighted by Gasteiger charge is 2.18. The summed E-state index contributed by atoms with van der Waals surface area (Å²) in [5.41, 5.74) is 7.42. The summed E-state index contributed by atoms with van der Waals surface area (Å²) < 4.78 is 1.15. The van der Waals surface area contributed by atoms with E-state index in [0.29, 0.717) is 5.46 Å². The van der Waals surface area contributed by atoms with Gasteiger partial charge in [-0.15, -0.1) is 0 Å². The van der Waals surface area contributed by atoms with Crippen LogP contribution >= 0.6 is 15.9 Å². The molecule has 0 aromatic heterocycles. The van der Waals surface area contributed by atoms with E-state index in [4.69, 9.17) is 0 Å². The number of benzene rings is 14. The molecular weight excluding hydrogens is 939 g/mol. The molecule has 340 valence electrons. The van der Waals surface area contributed by atoms with Crippen LogP contribution in [0.2, 0.25) is 0 Å². The van der Waals surface area contributed by atoms with Gasteiger partial charge in [-0.3, -0.25) is 0 Å². The van der Waals surface area contributed by atoms with Crippen LogP contribution in [-0.4, -0.2) is 17.2 Å². The summed E-state index contributed by atoms with van der Waals surface area (Å²) in [6.07, 6.45) is 0. The molecule has 0 bridgehead atoms. The molecule has 14 aromatic carbocycles. The maximum atomic E-state index is 9.22. The maximum Gasteiger partial charge on any atom is 0.489 e. The van der Waals surface area contributed by atoms with Crippen LogP contribution in [0.25, 0.3) is 120 Å². The van der Waals surface area contributed by atoms with Gasteiger partial charge in [0.2, 0.25) is 0 Å². The quantitative estimate of drug-likeness (QED) is 0.136. The average Bonchev–Trinajstić information content (AvgIpc) is 3.46. The lowest BCUT2D eigenvalue weighted by Gasteiger charge is -2.18. The number of fused-ring (bicyclic) bond motifs is 16. The molecule has 0 radical (unpaired) electrons. The summed E-state index contributed by atoms with van der Waals surface area (Å²) in [6, 6.07) is 93.7. The van der Waals surface area contributed by atoms with E-state index in [1.807, 2.05) is 42.5 Å². The number of halogens is 1. The van der Waals surface area contributed by atoms with Crippen molar-refractivity contribution in [3.8, 4) is 33.4 Å². The Balaban J connectivity index is 0.000000120. The van der Waals surface area contributed by atoms with Crippen molar-refractivity contribution in [3.05, 3.63) is 271 Å². The van der Waals surface area contributed by atoms with Gasteiger partial charge in [-0.05, 0) is 137 Å². The van der Waals surface area contributed by atoms with Gasteiger partial charge in [-0.25, -0.2) is 0 Å². The SMILES string of the molecule is Brc1cc2c3ccccc3c3ccccc3c2c2ccccc12.OB(O)c1ccccc1-c1ccccc1.c1ccc(-c2ccccc2-c2cc3c4ccccc4c4ccccc4c3c3ccccc23)cc1. The van der Waals surface area contributed by atoms with Gasteiger partial charge < -0.3 is 10.0 Å². The molecule has 0 unspecified atom stereocenters. The third-order valence-electron chi connectivity index (χ3n) is 14.1. The second-order valence-corrected chi connectivity index (χ2v) is 19.0. The summed E-state index contributed by atoms with van der Waals surface area (Å²) >= 11 is 3.77. The van der Waals surface area contributed by atoms with Crippen molar-refractivity contribution in [2.45, 2.75) is 0 Å². The Morgan fingerprint density at radius 3 is 1.03 bits per heavy atom. The molecule has 14 rings (SSSR count). The van der Waals surface area contributed by atoms with Gasteiger partial charge in [-0.2, -0.15) is 0 Å². The van der Waals surface area contributed by atoms with Gasteiger partial charge >= 0.3 is 7.12 Å². The number of rotatable bonds is 4. The molecule has 0 fully saturated rings. The van der Waals surface area contributed by atoms with Crippen molar-refractivity contribution in [1.29, 1.82) is 0 Å². The first-order chi connectivity index (χ1) is 35.5. The minimum absolute atomic E-state index is 0.531. The zero-order valence-electron chi connectivity index (χ0n) is 39.3. The molecule has 72 heavy (non-hydrogen) atoms. The van der Waals surface area contributed by atoms with E-state index in [1.165, 1.54) is 108 Å². The predicted octanol–water partition coefficient (Wildman–Crippen LogP) is 17.7. The summed E-state index contributed by atoms with van der Waals surface area (Å²) in [7, 11) is -1.43. The van der Waals surface area contributed by atoms with Crippen LogP contribution in [0.15, 0.2) is 271 Å². The molecule has 0 amide bonds. The van der Waals surface area contributed by atoms with Crippen molar-refractivity contribution in [1.82, 2.24) is 0 Å². The second kappa shape index (κ2) is 19.4. The van der Waals surface area contributed by atoms with E-state index in [0.717, 1.165) is 15.6 Å². The summed E-state index contributed by atoms with van der Waals surface area (Å²) in [5.74, 6) is 0. The lowest BCUT2D eigenvalue weighted by atomic mass is 9.75. The molecule has 0 aliphatic heterocycles. The van der Waals surface area contributed by atoms with Crippen molar-refractivity contribution in [3.63, 3.8) is 0 Å². The highest BCUT2D eigenvalue weighted by Crippen LogP contribution is 2.45. The first-order valence-corrected chi connectivity index (χ1v) is 25.1. The molecule has 2 nitrogen and oxygen atoms in total. The van der Waals surface area contributed by atoms with Gasteiger partial charge in [0.15, 0.2) is 0 Å². The Labute approximate surface area is 427 Å². The number of hydrogen-bond acceptors (Lipinski definition) is 2. The van der Waals surface area contributed by atoms with E-state index in [9.17, 15) is 10.0 Å². The number of hydrogen-bond donors (Lipinski definition) is 2. The zero-order chi connectivity index (χ0) is 48.5. The second-order valence-electron chi connectivity index (χ2n) is 18.1. The van der Waals surface area contributed by atoms with Crippen LogP contribution in [0.1, 0.15) is 0 Å². The van der Waals surface area contributed by atoms with Crippen molar-refractivity contribution in [2.24, 2.45) is 0 Å². The van der Waals surface area contributed by atoms with Crippen molar-refractivity contribution >= 4 is 115 Å². The highest BCUT2D eigenvalue weighted by molar-refractivity contribution is 9.10. The van der Waals surface area contributed by atoms with Crippen LogP contribution in [0.4, 0.5) is 0 Å². The molecule has 0 aliphatic carbocycles. The molecule has 2 N–H and O–H groups in total. The first kappa shape index (κ1) is 44.8. The lowest BCUT2D eigenvalue weighted by molar-refractivity contribution is 0.426. The van der Waals surface area contributed by atoms with E-state index in [2.05, 4.69) is 228 Å². The van der Waals surface area contributed by atoms with E-state index in [1.54, 1.807) is 12.1 Å². The Morgan fingerprint density at radius 1 is 0.236 bits per heavy atom. The molecule has 0 saturated heterocycles. The van der Waals surface area contributed by atoms with Crippen LogP contribution in [0, 0.1) is 0 Å². The molecule has 0 aliphatic rings. The normalized spacial score (nSPS) is 11.3. The van der Waals surface area contributed by atoms with Gasteiger partial charge in [0.1, 0.15) is 0 Å². The monoisotopic (exact) mass is 984 g/mol. The van der Waals surface area contributed by atoms with Gasteiger partial charge in [0.25, 0.3) is 0 Å². The highest BCUT2D eigenvalue weighted by atomic mass is 79.9. The maximum absolute atomic E-state index is 9.22. The van der Waals surface area contributed by atoms with Crippen molar-refractivity contribution < 1.29 is 10.0 Å². The molecule has 0 atom stereocenters. The molecular formula is C68H46BBrO2. The van der Waals surface area contributed by atoms with E-state index < -0.39 is 7.12 Å². The predicted molar refractivity (Wildman–Crippen MR) is 313 cm³/mol. The van der Waals surface area contributed by atoms with Crippen LogP contribution in [-0.2, 0) is 0 Å². The zero-order valence-corrected chi connectivity index (χ0v) is 40.8. The summed E-state index contributed by atoms with van der Waals surface area (Å²) in [4.78, 5) is 0. The summed E-state index contributed by atoms with van der Waals surface area (Å²) in [6.45, 7) is 0. The lowest BCUT2D eigenvalue weighted by Crippen LogP contribution is -2.31. The van der Waals surface area contributed by atoms with E-state index >= 15 is 0 Å². The fraction of sp³-hybridized carbons (Fsp3) is 0. The Bertz CT molecular complexity index is 4320. The largest absolute Gasteiger partial charge is 0.489 e. The standard InChI is InChI=1S/C34H22.C22H13Br.C12H11BO2/c1-2-12-23(13-3-1)24-14-4-5-15-25(24)32-22-33-28-18-7-6-16-26(28)27-17-8-10-20-30(27)34(33)31-21-11-9-19-29(31)32;23-21-13-20-16-9-2-1-7-14(16)15-8-3-5-11-18(15)22(20)19-12-6-4-10-17(19)21;14-13(15)12-9-5-4-8-11(12)10-6-2-1-3-7-10/h1-22H;1-13H;1-9,14-15H. The van der Waals surface area contributed by atoms with Crippen LogP contribution in [0.5, 0.6) is 0 Å².